The maximum atomic E-state index is 10.7. The summed E-state index contributed by atoms with van der Waals surface area (Å²) in [7, 11) is -4.06. The standard InChI is InChI=1S/C10H14NO5P.C4H11N/c11-9(10(12)13)5-7-1-3-8(4-2-7)6-17(14,15)16;1-2-3-4-5/h1-4,9H,5-6,11H2,(H,12,13)(H2,14,15,16);2-5H2,1H3. The predicted molar refractivity (Wildman–Crippen MR) is 85.5 cm³/mol. The lowest BCUT2D eigenvalue weighted by Crippen LogP contribution is -2.32. The number of aliphatic carboxylic acids is 1. The van der Waals surface area contributed by atoms with Crippen molar-refractivity contribution in [1.29, 1.82) is 0 Å². The topological polar surface area (TPSA) is 147 Å². The lowest BCUT2D eigenvalue weighted by molar-refractivity contribution is -0.138. The first-order chi connectivity index (χ1) is 10.2. The van der Waals surface area contributed by atoms with E-state index in [-0.39, 0.29) is 12.6 Å². The molecule has 1 aromatic rings. The third-order valence-corrected chi connectivity index (χ3v) is 3.52. The van der Waals surface area contributed by atoms with E-state index in [0.29, 0.717) is 5.56 Å². The molecule has 0 fully saturated rings. The first-order valence-corrected chi connectivity index (χ1v) is 8.80. The molecule has 1 unspecified atom stereocenters. The van der Waals surface area contributed by atoms with Gasteiger partial charge in [0.2, 0.25) is 0 Å². The van der Waals surface area contributed by atoms with Gasteiger partial charge in [0, 0.05) is 0 Å². The van der Waals surface area contributed by atoms with E-state index in [1.165, 1.54) is 12.8 Å². The van der Waals surface area contributed by atoms with E-state index in [2.05, 4.69) is 6.92 Å². The number of hydrogen-bond acceptors (Lipinski definition) is 4. The Kier molecular flexibility index (Phi) is 9.89. The largest absolute Gasteiger partial charge is 0.480 e. The highest BCUT2D eigenvalue weighted by molar-refractivity contribution is 7.50. The Labute approximate surface area is 130 Å². The molecule has 22 heavy (non-hydrogen) atoms. The smallest absolute Gasteiger partial charge is 0.329 e. The molecule has 7 nitrogen and oxygen atoms in total. The fourth-order valence-corrected chi connectivity index (χ4v) is 2.25. The van der Waals surface area contributed by atoms with Crippen LogP contribution in [0.2, 0.25) is 0 Å². The van der Waals surface area contributed by atoms with Crippen molar-refractivity contribution in [2.45, 2.75) is 38.4 Å². The molecule has 0 aliphatic carbocycles. The van der Waals surface area contributed by atoms with Gasteiger partial charge >= 0.3 is 13.6 Å². The van der Waals surface area contributed by atoms with Crippen molar-refractivity contribution >= 4 is 13.6 Å². The van der Waals surface area contributed by atoms with Crippen LogP contribution in [0.3, 0.4) is 0 Å². The van der Waals surface area contributed by atoms with Gasteiger partial charge in [-0.1, -0.05) is 37.6 Å². The lowest BCUT2D eigenvalue weighted by Gasteiger charge is -2.08. The molecular formula is C14H25N2O5P. The van der Waals surface area contributed by atoms with Crippen molar-refractivity contribution in [3.63, 3.8) is 0 Å². The quantitative estimate of drug-likeness (QED) is 0.469. The van der Waals surface area contributed by atoms with Crippen molar-refractivity contribution in [2.24, 2.45) is 11.5 Å². The molecular weight excluding hydrogens is 307 g/mol. The highest BCUT2D eigenvalue weighted by Crippen LogP contribution is 2.38. The first kappa shape index (κ1) is 20.8. The van der Waals surface area contributed by atoms with E-state index >= 15 is 0 Å². The van der Waals surface area contributed by atoms with Gasteiger partial charge in [0.15, 0.2) is 0 Å². The molecule has 0 aliphatic heterocycles. The molecule has 8 heteroatoms. The van der Waals surface area contributed by atoms with Crippen LogP contribution in [0, 0.1) is 0 Å². The van der Waals surface area contributed by atoms with Gasteiger partial charge in [0.05, 0.1) is 6.16 Å². The summed E-state index contributed by atoms with van der Waals surface area (Å²) in [5.41, 5.74) is 11.7. The summed E-state index contributed by atoms with van der Waals surface area (Å²) in [6, 6.07) is 5.38. The Morgan fingerprint density at radius 3 is 2.05 bits per heavy atom. The minimum atomic E-state index is -4.06. The second-order valence-electron chi connectivity index (χ2n) is 4.93. The van der Waals surface area contributed by atoms with Crippen LogP contribution in [0.25, 0.3) is 0 Å². The number of hydrogen-bond donors (Lipinski definition) is 5. The Bertz CT molecular complexity index is 485. The van der Waals surface area contributed by atoms with Crippen molar-refractivity contribution in [2.75, 3.05) is 6.54 Å². The van der Waals surface area contributed by atoms with Crippen LogP contribution in [0.5, 0.6) is 0 Å². The van der Waals surface area contributed by atoms with Crippen LogP contribution in [0.4, 0.5) is 0 Å². The summed E-state index contributed by atoms with van der Waals surface area (Å²) in [4.78, 5) is 28.1. The van der Waals surface area contributed by atoms with E-state index in [0.717, 1.165) is 12.1 Å². The molecule has 0 saturated carbocycles. The molecule has 0 aromatic heterocycles. The fraction of sp³-hybridized carbons (Fsp3) is 0.500. The van der Waals surface area contributed by atoms with Gasteiger partial charge in [-0.3, -0.25) is 9.36 Å². The molecule has 0 heterocycles. The Morgan fingerprint density at radius 1 is 1.23 bits per heavy atom. The fourth-order valence-electron chi connectivity index (χ4n) is 1.56. The molecule has 0 bridgehead atoms. The molecule has 0 amide bonds. The van der Waals surface area contributed by atoms with Gasteiger partial charge in [-0.25, -0.2) is 0 Å². The third-order valence-electron chi connectivity index (χ3n) is 2.74. The van der Waals surface area contributed by atoms with E-state index < -0.39 is 19.6 Å². The summed E-state index contributed by atoms with van der Waals surface area (Å²) >= 11 is 0. The van der Waals surface area contributed by atoms with Crippen molar-refractivity contribution in [3.05, 3.63) is 35.4 Å². The maximum absolute atomic E-state index is 10.7. The number of unbranched alkanes of at least 4 members (excludes halogenated alkanes) is 1. The van der Waals surface area contributed by atoms with Crippen LogP contribution >= 0.6 is 7.60 Å². The summed E-state index contributed by atoms with van der Waals surface area (Å²) in [5, 5.41) is 8.62. The molecule has 0 saturated heterocycles. The van der Waals surface area contributed by atoms with E-state index in [1.54, 1.807) is 24.3 Å². The number of carbonyl (C=O) groups is 1. The molecule has 1 rings (SSSR count). The molecule has 126 valence electrons. The molecule has 0 spiro atoms. The van der Waals surface area contributed by atoms with Crippen LogP contribution in [-0.4, -0.2) is 33.4 Å². The van der Waals surface area contributed by atoms with E-state index in [1.807, 2.05) is 0 Å². The summed E-state index contributed by atoms with van der Waals surface area (Å²) < 4.78 is 10.7. The molecule has 0 radical (unpaired) electrons. The van der Waals surface area contributed by atoms with Gasteiger partial charge in [0.1, 0.15) is 6.04 Å². The number of rotatable bonds is 7. The van der Waals surface area contributed by atoms with Gasteiger partial charge in [-0.2, -0.15) is 0 Å². The van der Waals surface area contributed by atoms with Crippen molar-refractivity contribution in [3.8, 4) is 0 Å². The first-order valence-electron chi connectivity index (χ1n) is 7.00. The Morgan fingerprint density at radius 2 is 1.73 bits per heavy atom. The van der Waals surface area contributed by atoms with Crippen LogP contribution < -0.4 is 11.5 Å². The molecule has 7 N–H and O–H groups in total. The average molecular weight is 332 g/mol. The van der Waals surface area contributed by atoms with Crippen LogP contribution in [-0.2, 0) is 21.9 Å². The number of benzene rings is 1. The monoisotopic (exact) mass is 332 g/mol. The zero-order valence-electron chi connectivity index (χ0n) is 12.7. The zero-order chi connectivity index (χ0) is 17.2. The van der Waals surface area contributed by atoms with Gasteiger partial charge in [-0.05, 0) is 30.5 Å². The van der Waals surface area contributed by atoms with Crippen LogP contribution in [0.15, 0.2) is 24.3 Å². The predicted octanol–water partition coefficient (Wildman–Crippen LogP) is 1.06. The van der Waals surface area contributed by atoms with E-state index in [4.69, 9.17) is 26.4 Å². The minimum absolute atomic E-state index is 0.186. The van der Waals surface area contributed by atoms with Crippen molar-refractivity contribution in [1.82, 2.24) is 0 Å². The average Bonchev–Trinajstić information content (AvgIpc) is 2.41. The Balaban J connectivity index is 0.000000763. The van der Waals surface area contributed by atoms with E-state index in [9.17, 15) is 9.36 Å². The number of carboxylic acids is 1. The zero-order valence-corrected chi connectivity index (χ0v) is 13.6. The normalized spacial score (nSPS) is 12.2. The molecule has 0 aliphatic rings. The Hall–Kier alpha value is -1.24. The maximum Gasteiger partial charge on any atom is 0.329 e. The van der Waals surface area contributed by atoms with Gasteiger partial charge in [-0.15, -0.1) is 0 Å². The second-order valence-corrected chi connectivity index (χ2v) is 6.58. The second kappa shape index (κ2) is 10.5. The summed E-state index contributed by atoms with van der Waals surface area (Å²) in [6.45, 7) is 2.98. The lowest BCUT2D eigenvalue weighted by atomic mass is 10.1. The SMILES string of the molecule is CCCCN.NC(Cc1ccc(CP(=O)(O)O)cc1)C(=O)O. The summed E-state index contributed by atoms with van der Waals surface area (Å²) in [5.74, 6) is -1.08. The van der Waals surface area contributed by atoms with Crippen molar-refractivity contribution < 1.29 is 24.3 Å². The minimum Gasteiger partial charge on any atom is -0.480 e. The van der Waals surface area contributed by atoms with Gasteiger partial charge in [0.25, 0.3) is 0 Å². The molecule has 1 atom stereocenters. The van der Waals surface area contributed by atoms with Gasteiger partial charge < -0.3 is 26.4 Å². The third kappa shape index (κ3) is 10.5. The number of carboxylic acid groups (broad SMARTS) is 1. The van der Waals surface area contributed by atoms with Crippen LogP contribution in [0.1, 0.15) is 30.9 Å². The molecule has 1 aromatic carbocycles. The highest BCUT2D eigenvalue weighted by atomic mass is 31.2. The number of nitrogens with two attached hydrogens (primary N) is 2. The highest BCUT2D eigenvalue weighted by Gasteiger charge is 2.15. The summed E-state index contributed by atoms with van der Waals surface area (Å²) in [6.07, 6.45) is 2.25.